The van der Waals surface area contributed by atoms with Gasteiger partial charge in [0.15, 0.2) is 0 Å². The molecule has 1 fully saturated rings. The summed E-state index contributed by atoms with van der Waals surface area (Å²) >= 11 is 0. The fraction of sp³-hybridized carbons (Fsp3) is 0.444. The minimum absolute atomic E-state index is 0.0364. The number of pyridine rings is 1. The van der Waals surface area contributed by atoms with Crippen LogP contribution in [0.3, 0.4) is 0 Å². The van der Waals surface area contributed by atoms with Gasteiger partial charge in [0.1, 0.15) is 18.0 Å². The highest BCUT2D eigenvalue weighted by Gasteiger charge is 2.24. The van der Waals surface area contributed by atoms with Crippen LogP contribution in [0.25, 0.3) is 0 Å². The lowest BCUT2D eigenvalue weighted by molar-refractivity contribution is 0.102. The summed E-state index contributed by atoms with van der Waals surface area (Å²) in [4.78, 5) is 26.2. The Balaban J connectivity index is 1.37. The van der Waals surface area contributed by atoms with Crippen molar-refractivity contribution in [1.29, 1.82) is 0 Å². The van der Waals surface area contributed by atoms with E-state index in [0.717, 1.165) is 12.8 Å². The van der Waals surface area contributed by atoms with Gasteiger partial charge >= 0.3 is 12.0 Å². The summed E-state index contributed by atoms with van der Waals surface area (Å²) in [6.07, 6.45) is 8.06. The number of hydrogen-bond acceptors (Lipinski definition) is 6. The minimum Gasteiger partial charge on any atom is -0.487 e. The van der Waals surface area contributed by atoms with Crippen molar-refractivity contribution in [1.82, 2.24) is 25.2 Å². The Kier molecular flexibility index (Phi) is 6.19. The van der Waals surface area contributed by atoms with E-state index >= 15 is 0 Å². The van der Waals surface area contributed by atoms with Gasteiger partial charge in [-0.15, -0.1) is 0 Å². The van der Waals surface area contributed by atoms with Gasteiger partial charge in [-0.25, -0.2) is 14.8 Å². The molecule has 138 valence electrons. The molecule has 0 radical (unpaired) electrons. The molecule has 2 amide bonds. The molecule has 3 heterocycles. The highest BCUT2D eigenvalue weighted by molar-refractivity contribution is 5.74. The van der Waals surface area contributed by atoms with Gasteiger partial charge in [-0.05, 0) is 25.1 Å². The third-order valence-corrected chi connectivity index (χ3v) is 4.06. The van der Waals surface area contributed by atoms with E-state index in [1.165, 1.54) is 0 Å². The van der Waals surface area contributed by atoms with Gasteiger partial charge in [-0.3, -0.25) is 4.98 Å². The first kappa shape index (κ1) is 17.9. The molecule has 1 aliphatic heterocycles. The summed E-state index contributed by atoms with van der Waals surface area (Å²) in [5.41, 5.74) is 0. The summed E-state index contributed by atoms with van der Waals surface area (Å²) in [7, 11) is 0. The van der Waals surface area contributed by atoms with Crippen LogP contribution in [-0.2, 0) is 0 Å². The number of likely N-dealkylation sites (tertiary alicyclic amines) is 1. The van der Waals surface area contributed by atoms with Crippen LogP contribution in [0.2, 0.25) is 0 Å². The zero-order valence-electron chi connectivity index (χ0n) is 14.7. The van der Waals surface area contributed by atoms with Crippen molar-refractivity contribution in [2.45, 2.75) is 32.0 Å². The largest absolute Gasteiger partial charge is 0.487 e. The number of carbonyl (C=O) groups is 1. The molecule has 2 aromatic heterocycles. The monoisotopic (exact) mass is 357 g/mol. The number of nitrogens with zero attached hydrogens (tertiary/aromatic N) is 4. The number of nitrogens with one attached hydrogen (secondary N) is 1. The molecule has 8 nitrogen and oxygen atoms in total. The lowest BCUT2D eigenvalue weighted by Crippen LogP contribution is -2.48. The average molecular weight is 357 g/mol. The van der Waals surface area contributed by atoms with Crippen LogP contribution < -0.4 is 14.8 Å². The van der Waals surface area contributed by atoms with Crippen LogP contribution in [0.15, 0.2) is 43.0 Å². The maximum atomic E-state index is 12.3. The van der Waals surface area contributed by atoms with Crippen molar-refractivity contribution in [2.24, 2.45) is 0 Å². The van der Waals surface area contributed by atoms with E-state index < -0.39 is 0 Å². The van der Waals surface area contributed by atoms with E-state index in [9.17, 15) is 4.79 Å². The molecule has 8 heteroatoms. The average Bonchev–Trinajstić information content (AvgIpc) is 2.68. The van der Waals surface area contributed by atoms with Gasteiger partial charge in [-0.2, -0.15) is 0 Å². The first-order chi connectivity index (χ1) is 12.7. The first-order valence-corrected chi connectivity index (χ1v) is 8.74. The van der Waals surface area contributed by atoms with Gasteiger partial charge in [0.05, 0.1) is 12.7 Å². The van der Waals surface area contributed by atoms with Crippen LogP contribution in [0, 0.1) is 0 Å². The van der Waals surface area contributed by atoms with Crippen molar-refractivity contribution >= 4 is 6.03 Å². The predicted octanol–water partition coefficient (Wildman–Crippen LogP) is 1.89. The van der Waals surface area contributed by atoms with Crippen molar-refractivity contribution in [3.8, 4) is 11.8 Å². The molecule has 2 aromatic rings. The molecule has 1 N–H and O–H groups in total. The number of piperidine rings is 1. The minimum atomic E-state index is -0.140. The quantitative estimate of drug-likeness (QED) is 0.849. The van der Waals surface area contributed by atoms with E-state index in [2.05, 4.69) is 20.3 Å². The maximum absolute atomic E-state index is 12.3. The van der Waals surface area contributed by atoms with E-state index in [-0.39, 0.29) is 18.2 Å². The number of urea groups is 1. The second-order valence-electron chi connectivity index (χ2n) is 6.14. The molecule has 0 unspecified atom stereocenters. The molecule has 1 saturated heterocycles. The smallest absolute Gasteiger partial charge is 0.317 e. The van der Waals surface area contributed by atoms with E-state index in [1.54, 1.807) is 35.8 Å². The number of carbonyl (C=O) groups excluding carboxylic acids is 1. The van der Waals surface area contributed by atoms with Crippen LogP contribution >= 0.6 is 0 Å². The Labute approximate surface area is 152 Å². The fourth-order valence-electron chi connectivity index (χ4n) is 2.71. The van der Waals surface area contributed by atoms with Crippen molar-refractivity contribution < 1.29 is 14.3 Å². The molecule has 1 atom stereocenters. The van der Waals surface area contributed by atoms with Crippen LogP contribution in [0.5, 0.6) is 11.8 Å². The van der Waals surface area contributed by atoms with E-state index in [0.29, 0.717) is 31.4 Å². The van der Waals surface area contributed by atoms with Gasteiger partial charge < -0.3 is 19.7 Å². The summed E-state index contributed by atoms with van der Waals surface area (Å²) in [6.45, 7) is 3.62. The topological polar surface area (TPSA) is 89.5 Å². The van der Waals surface area contributed by atoms with Gasteiger partial charge in [0.2, 0.25) is 0 Å². The molecular formula is C18H23N5O3. The number of hydrogen-bond donors (Lipinski definition) is 1. The molecule has 0 saturated carbocycles. The molecule has 0 bridgehead atoms. The second-order valence-corrected chi connectivity index (χ2v) is 6.14. The number of rotatable bonds is 6. The maximum Gasteiger partial charge on any atom is 0.317 e. The zero-order valence-corrected chi connectivity index (χ0v) is 14.7. The summed E-state index contributed by atoms with van der Waals surface area (Å²) in [5, 5.41) is 2.91. The molecule has 26 heavy (non-hydrogen) atoms. The standard InChI is InChI=1S/C18H23N5O3/c1-14(25-16-4-2-7-19-13-16)12-22-18(24)23-10-5-15(6-11-23)26-17-20-8-3-9-21-17/h2-4,7-9,13-15H,5-6,10-12H2,1H3,(H,22,24)/t14-/m1/s1. The third-order valence-electron chi connectivity index (χ3n) is 4.06. The van der Waals surface area contributed by atoms with Gasteiger partial charge in [-0.1, -0.05) is 0 Å². The summed E-state index contributed by atoms with van der Waals surface area (Å²) in [5.74, 6) is 0.690. The highest BCUT2D eigenvalue weighted by Crippen LogP contribution is 2.15. The molecule has 0 aromatic carbocycles. The third kappa shape index (κ3) is 5.30. The Hall–Kier alpha value is -2.90. The lowest BCUT2D eigenvalue weighted by Gasteiger charge is -2.32. The fourth-order valence-corrected chi connectivity index (χ4v) is 2.71. The van der Waals surface area contributed by atoms with Crippen molar-refractivity contribution in [3.63, 3.8) is 0 Å². The molecule has 0 spiro atoms. The van der Waals surface area contributed by atoms with E-state index in [4.69, 9.17) is 9.47 Å². The number of aromatic nitrogens is 3. The van der Waals surface area contributed by atoms with Gasteiger partial charge in [0.25, 0.3) is 0 Å². The van der Waals surface area contributed by atoms with Gasteiger partial charge in [0, 0.05) is 44.5 Å². The molecule has 0 aliphatic carbocycles. The van der Waals surface area contributed by atoms with Crippen LogP contribution in [0.1, 0.15) is 19.8 Å². The zero-order chi connectivity index (χ0) is 18.2. The summed E-state index contributed by atoms with van der Waals surface area (Å²) in [6, 6.07) is 5.71. The highest BCUT2D eigenvalue weighted by atomic mass is 16.5. The normalized spacial score (nSPS) is 16.0. The summed E-state index contributed by atoms with van der Waals surface area (Å²) < 4.78 is 11.4. The molecular weight excluding hydrogens is 334 g/mol. The number of amides is 2. The predicted molar refractivity (Wildman–Crippen MR) is 95.0 cm³/mol. The Morgan fingerprint density at radius 2 is 2.04 bits per heavy atom. The van der Waals surface area contributed by atoms with Crippen molar-refractivity contribution in [3.05, 3.63) is 43.0 Å². The second kappa shape index (κ2) is 8.98. The molecule has 3 rings (SSSR count). The van der Waals surface area contributed by atoms with Crippen LogP contribution in [-0.4, -0.2) is 57.7 Å². The Bertz CT molecular complexity index is 678. The molecule has 1 aliphatic rings. The van der Waals surface area contributed by atoms with E-state index in [1.807, 2.05) is 19.1 Å². The first-order valence-electron chi connectivity index (χ1n) is 8.74. The Morgan fingerprint density at radius 3 is 2.73 bits per heavy atom. The Morgan fingerprint density at radius 1 is 1.27 bits per heavy atom. The van der Waals surface area contributed by atoms with Crippen LogP contribution in [0.4, 0.5) is 4.79 Å². The SMILES string of the molecule is C[C@H](CNC(=O)N1CCC(Oc2ncccn2)CC1)Oc1cccnc1. The lowest BCUT2D eigenvalue weighted by atomic mass is 10.1. The number of ether oxygens (including phenoxy) is 2. The van der Waals surface area contributed by atoms with Crippen molar-refractivity contribution in [2.75, 3.05) is 19.6 Å².